The Labute approximate surface area is 326 Å². The molecule has 56 heavy (non-hydrogen) atoms. The highest BCUT2D eigenvalue weighted by atomic mass is 35.5. The third kappa shape index (κ3) is 11.4. The number of esters is 1. The number of carboxylic acids is 1. The number of benzene rings is 2. The monoisotopic (exact) mass is 819 g/mol. The molecule has 0 atom stereocenters. The van der Waals surface area contributed by atoms with Gasteiger partial charge in [-0.15, -0.1) is 0 Å². The molecule has 5 rings (SSSR count). The second-order valence-corrected chi connectivity index (χ2v) is 14.2. The average Bonchev–Trinajstić information content (AvgIpc) is 3.41. The molecule has 1 aliphatic carbocycles. The second-order valence-electron chi connectivity index (χ2n) is 12.1. The van der Waals surface area contributed by atoms with Crippen molar-refractivity contribution >= 4 is 63.0 Å². The van der Waals surface area contributed by atoms with Crippen molar-refractivity contribution in [2.75, 3.05) is 37.7 Å². The van der Waals surface area contributed by atoms with Crippen LogP contribution >= 0.6 is 11.6 Å². The van der Waals surface area contributed by atoms with Gasteiger partial charge in [-0.2, -0.15) is 9.97 Å². The fraction of sp³-hybridized carbons (Fsp3) is 0.361. The van der Waals surface area contributed by atoms with Crippen LogP contribution in [-0.2, 0) is 34.9 Å². The minimum atomic E-state index is -4.18. The highest BCUT2D eigenvalue weighted by Gasteiger charge is 2.41. The molecule has 2 aliphatic rings. The van der Waals surface area contributed by atoms with E-state index in [1.807, 2.05) is 6.92 Å². The lowest BCUT2D eigenvalue weighted by Crippen LogP contribution is -2.36. The molecule has 1 aromatic heterocycles. The predicted octanol–water partition coefficient (Wildman–Crippen LogP) is 5.18. The first-order valence-electron chi connectivity index (χ1n) is 17.2. The maximum Gasteiger partial charge on any atom is 0.344 e. The molecule has 0 spiro atoms. The van der Waals surface area contributed by atoms with Gasteiger partial charge in [-0.25, -0.2) is 36.8 Å². The van der Waals surface area contributed by atoms with Crippen LogP contribution < -0.4 is 29.1 Å². The van der Waals surface area contributed by atoms with Gasteiger partial charge in [0.2, 0.25) is 27.7 Å². The summed E-state index contributed by atoms with van der Waals surface area (Å²) in [4.78, 5) is 68.7. The van der Waals surface area contributed by atoms with E-state index >= 15 is 0 Å². The normalized spacial score (nSPS) is 13.6. The summed E-state index contributed by atoms with van der Waals surface area (Å²) in [6.45, 7) is 1.93. The summed E-state index contributed by atoms with van der Waals surface area (Å²) >= 11 is 6.02. The minimum absolute atomic E-state index is 0.000883. The minimum Gasteiger partial charge on any atom is -0.481 e. The number of carbonyl (C=O) groups is 5. The third-order valence-corrected chi connectivity index (χ3v) is 9.64. The number of halogens is 2. The standard InChI is InChI=1S/C21H23ClFNO5.C15H16N4O7S/c1-2-3-6-9-28-19(25)12-29-18-11-17(16(23)10-15(18)22)24-20(26)13-7-4-5-8-14(13)21(24)27;1-25-11-7-12(26-2)17-14(16-11)18-15(22)19-27(23,24)8-9-5-3-4-6-10(9)13(20)21/h10-11H,2-9,12H2,1H3;3-7H,8H2,1-2H3,(H,20,21)(H2,16,17,18,19,22). The maximum atomic E-state index is 14.5. The molecule has 3 N–H and O–H groups in total. The van der Waals surface area contributed by atoms with Crippen molar-refractivity contribution in [3.8, 4) is 17.5 Å². The van der Waals surface area contributed by atoms with E-state index in [0.29, 0.717) is 30.6 Å². The lowest BCUT2D eigenvalue weighted by molar-refractivity contribution is -0.146. The van der Waals surface area contributed by atoms with Gasteiger partial charge in [0.15, 0.2) is 6.61 Å². The number of hydrogen-bond acceptors (Lipinski definition) is 13. The summed E-state index contributed by atoms with van der Waals surface area (Å²) < 4.78 is 60.9. The first-order chi connectivity index (χ1) is 26.7. The number of carboxylic acid groups (broad SMARTS) is 1. The van der Waals surface area contributed by atoms with E-state index in [9.17, 15) is 36.8 Å². The van der Waals surface area contributed by atoms with Crippen molar-refractivity contribution in [2.45, 2.75) is 57.6 Å². The van der Waals surface area contributed by atoms with Gasteiger partial charge in [0.1, 0.15) is 11.6 Å². The lowest BCUT2D eigenvalue weighted by atomic mass is 9.93. The summed E-state index contributed by atoms with van der Waals surface area (Å²) in [5.74, 6) is -4.44. The van der Waals surface area contributed by atoms with E-state index in [1.54, 1.807) is 4.72 Å². The fourth-order valence-electron chi connectivity index (χ4n) is 5.51. The van der Waals surface area contributed by atoms with Crippen LogP contribution in [0.2, 0.25) is 5.02 Å². The smallest absolute Gasteiger partial charge is 0.344 e. The summed E-state index contributed by atoms with van der Waals surface area (Å²) in [7, 11) is -1.50. The summed E-state index contributed by atoms with van der Waals surface area (Å²) in [6.07, 6.45) is 5.40. The lowest BCUT2D eigenvalue weighted by Gasteiger charge is -2.18. The quantitative estimate of drug-likeness (QED) is 0.102. The molecule has 0 radical (unpaired) electrons. The molecular weight excluding hydrogens is 781 g/mol. The molecule has 3 aromatic rings. The Morgan fingerprint density at radius 3 is 2.18 bits per heavy atom. The number of ether oxygens (including phenoxy) is 4. The van der Waals surface area contributed by atoms with Gasteiger partial charge in [-0.1, -0.05) is 49.6 Å². The van der Waals surface area contributed by atoms with Crippen molar-refractivity contribution in [3.63, 3.8) is 0 Å². The van der Waals surface area contributed by atoms with Crippen molar-refractivity contribution in [2.24, 2.45) is 0 Å². The van der Waals surface area contributed by atoms with E-state index in [2.05, 4.69) is 15.3 Å². The molecular formula is C36H39ClFN5O12S. The first kappa shape index (κ1) is 42.9. The number of amides is 4. The predicted molar refractivity (Wildman–Crippen MR) is 199 cm³/mol. The summed E-state index contributed by atoms with van der Waals surface area (Å²) in [5, 5.41) is 11.2. The van der Waals surface area contributed by atoms with Crippen molar-refractivity contribution in [1.82, 2.24) is 14.7 Å². The van der Waals surface area contributed by atoms with Crippen LogP contribution in [0.5, 0.6) is 17.5 Å². The number of nitrogens with one attached hydrogen (secondary N) is 2. The van der Waals surface area contributed by atoms with Gasteiger partial charge in [-0.05, 0) is 49.8 Å². The number of aromatic nitrogens is 2. The Kier molecular flexibility index (Phi) is 15.1. The molecule has 0 unspecified atom stereocenters. The van der Waals surface area contributed by atoms with Gasteiger partial charge in [0.05, 0.1) is 48.9 Å². The number of imide groups is 1. The molecule has 4 amide bonds. The molecule has 2 heterocycles. The van der Waals surface area contributed by atoms with Crippen LogP contribution in [0.1, 0.15) is 67.8 Å². The van der Waals surface area contributed by atoms with Crippen LogP contribution in [-0.4, -0.2) is 80.7 Å². The molecule has 0 saturated carbocycles. The van der Waals surface area contributed by atoms with E-state index in [-0.39, 0.29) is 45.3 Å². The molecule has 0 saturated heterocycles. The zero-order valence-corrected chi connectivity index (χ0v) is 32.1. The summed E-state index contributed by atoms with van der Waals surface area (Å²) in [5.41, 5.74) is 0.529. The molecule has 17 nitrogen and oxygen atoms in total. The number of aromatic carboxylic acids is 1. The van der Waals surface area contributed by atoms with Gasteiger partial charge in [0.25, 0.3) is 11.8 Å². The zero-order chi connectivity index (χ0) is 41.0. The van der Waals surface area contributed by atoms with Crippen molar-refractivity contribution in [3.05, 3.63) is 75.6 Å². The van der Waals surface area contributed by atoms with E-state index in [4.69, 9.17) is 35.7 Å². The molecule has 2 aromatic carbocycles. The van der Waals surface area contributed by atoms with E-state index in [0.717, 1.165) is 43.1 Å². The van der Waals surface area contributed by atoms with Crippen LogP contribution in [0.3, 0.4) is 0 Å². The van der Waals surface area contributed by atoms with Crippen LogP contribution in [0, 0.1) is 5.82 Å². The summed E-state index contributed by atoms with van der Waals surface area (Å²) in [6, 6.07) is 7.95. The number of hydrogen-bond donors (Lipinski definition) is 3. The van der Waals surface area contributed by atoms with Gasteiger partial charge < -0.3 is 24.1 Å². The van der Waals surface area contributed by atoms with Gasteiger partial charge in [-0.3, -0.25) is 14.9 Å². The van der Waals surface area contributed by atoms with E-state index < -0.39 is 58.0 Å². The number of urea groups is 1. The Morgan fingerprint density at radius 2 is 1.59 bits per heavy atom. The van der Waals surface area contributed by atoms with Crippen molar-refractivity contribution in [1.29, 1.82) is 0 Å². The largest absolute Gasteiger partial charge is 0.481 e. The number of unbranched alkanes of at least 4 members (excludes halogenated alkanes) is 2. The average molecular weight is 820 g/mol. The molecule has 300 valence electrons. The van der Waals surface area contributed by atoms with Crippen LogP contribution in [0.25, 0.3) is 0 Å². The topological polar surface area (TPSA) is 230 Å². The van der Waals surface area contributed by atoms with Gasteiger partial charge >= 0.3 is 18.0 Å². The zero-order valence-electron chi connectivity index (χ0n) is 30.6. The Bertz CT molecular complexity index is 2080. The van der Waals surface area contributed by atoms with Gasteiger partial charge in [0, 0.05) is 17.2 Å². The second kappa shape index (κ2) is 19.7. The van der Waals surface area contributed by atoms with Crippen LogP contribution in [0.15, 0.2) is 53.6 Å². The van der Waals surface area contributed by atoms with Crippen molar-refractivity contribution < 1.29 is 60.8 Å². The first-order valence-corrected chi connectivity index (χ1v) is 19.2. The number of methoxy groups -OCH3 is 2. The van der Waals surface area contributed by atoms with E-state index in [1.165, 1.54) is 50.6 Å². The molecule has 0 fully saturated rings. The van der Waals surface area contributed by atoms with Crippen LogP contribution in [0.4, 0.5) is 20.8 Å². The number of rotatable bonds is 15. The maximum absolute atomic E-state index is 14.5. The highest BCUT2D eigenvalue weighted by molar-refractivity contribution is 7.89. The molecule has 0 bridgehead atoms. The third-order valence-electron chi connectivity index (χ3n) is 8.15. The Balaban J connectivity index is 0.000000249. The number of anilines is 2. The SMILES string of the molecule is CCCCCOC(=O)COc1cc(N2C(=O)C3=C(CCCC3)C2=O)c(F)cc1Cl.COc1cc(OC)nc(NC(=O)NS(=O)(=O)Cc2ccccc2C(=O)O)n1. The number of sulfonamides is 1. The molecule has 20 heteroatoms. The fourth-order valence-corrected chi connectivity index (χ4v) is 6.78. The molecule has 1 aliphatic heterocycles. The Hall–Kier alpha value is -5.82. The Morgan fingerprint density at radius 1 is 0.964 bits per heavy atom. The number of nitrogens with zero attached hydrogens (tertiary/aromatic N) is 3. The number of carbonyl (C=O) groups excluding carboxylic acids is 4. The highest BCUT2D eigenvalue weighted by Crippen LogP contribution is 2.39.